The van der Waals surface area contributed by atoms with E-state index >= 15 is 0 Å². The van der Waals surface area contributed by atoms with Crippen LogP contribution in [-0.2, 0) is 12.7 Å². The van der Waals surface area contributed by atoms with Gasteiger partial charge in [-0.2, -0.15) is 13.2 Å². The number of hydrogen-bond donors (Lipinski definition) is 2. The molecule has 0 saturated carbocycles. The van der Waals surface area contributed by atoms with Crippen molar-refractivity contribution >= 4 is 29.9 Å². The van der Waals surface area contributed by atoms with Crippen LogP contribution in [0.4, 0.5) is 13.2 Å². The second kappa shape index (κ2) is 9.54. The smallest absolute Gasteiger partial charge is 0.416 e. The van der Waals surface area contributed by atoms with Gasteiger partial charge in [0, 0.05) is 20.1 Å². The Bertz CT molecular complexity index is 519. The van der Waals surface area contributed by atoms with Gasteiger partial charge in [-0.25, -0.2) is 0 Å². The molecular formula is C14H19F3IN3O. The quantitative estimate of drug-likeness (QED) is 0.327. The number of benzene rings is 1. The molecule has 0 saturated heterocycles. The third kappa shape index (κ3) is 6.12. The van der Waals surface area contributed by atoms with Crippen LogP contribution >= 0.6 is 24.0 Å². The molecule has 8 heteroatoms. The minimum absolute atomic E-state index is 0. The number of alkyl halides is 3. The summed E-state index contributed by atoms with van der Waals surface area (Å²) in [6.07, 6.45) is -2.81. The van der Waals surface area contributed by atoms with Crippen LogP contribution in [0.15, 0.2) is 35.8 Å². The summed E-state index contributed by atoms with van der Waals surface area (Å²) in [6, 6.07) is 3.86. The van der Waals surface area contributed by atoms with Crippen molar-refractivity contribution < 1.29 is 17.9 Å². The Balaban J connectivity index is 0.00000441. The van der Waals surface area contributed by atoms with E-state index in [2.05, 4.69) is 22.2 Å². The Hall–Kier alpha value is -1.45. The minimum Gasteiger partial charge on any atom is -0.497 e. The van der Waals surface area contributed by atoms with E-state index in [0.717, 1.165) is 6.07 Å². The summed E-state index contributed by atoms with van der Waals surface area (Å²) in [5, 5.41) is 5.71. The van der Waals surface area contributed by atoms with E-state index in [-0.39, 0.29) is 41.8 Å². The van der Waals surface area contributed by atoms with Gasteiger partial charge in [0.1, 0.15) is 5.75 Å². The molecule has 124 valence electrons. The molecule has 1 rings (SSSR count). The summed E-state index contributed by atoms with van der Waals surface area (Å²) in [6.45, 7) is 4.01. The molecule has 0 aliphatic heterocycles. The van der Waals surface area contributed by atoms with Gasteiger partial charge in [0.25, 0.3) is 0 Å². The summed E-state index contributed by atoms with van der Waals surface area (Å²) in [4.78, 5) is 3.91. The van der Waals surface area contributed by atoms with E-state index in [1.165, 1.54) is 26.3 Å². The van der Waals surface area contributed by atoms with E-state index in [0.29, 0.717) is 12.5 Å². The molecule has 22 heavy (non-hydrogen) atoms. The van der Waals surface area contributed by atoms with Crippen LogP contribution < -0.4 is 15.4 Å². The molecule has 0 unspecified atom stereocenters. The predicted octanol–water partition coefficient (Wildman–Crippen LogP) is 3.18. The monoisotopic (exact) mass is 429 g/mol. The molecule has 0 amide bonds. The molecule has 0 spiro atoms. The number of guanidine groups is 1. The molecule has 2 N–H and O–H groups in total. The molecule has 0 aliphatic carbocycles. The van der Waals surface area contributed by atoms with Gasteiger partial charge in [0.2, 0.25) is 0 Å². The van der Waals surface area contributed by atoms with Crippen LogP contribution in [0.5, 0.6) is 5.75 Å². The number of ether oxygens (including phenoxy) is 1. The van der Waals surface area contributed by atoms with Crippen LogP contribution in [-0.4, -0.2) is 26.7 Å². The first-order valence-corrected chi connectivity index (χ1v) is 6.22. The molecule has 0 radical (unpaired) electrons. The summed E-state index contributed by atoms with van der Waals surface area (Å²) >= 11 is 0. The predicted molar refractivity (Wildman–Crippen MR) is 91.8 cm³/mol. The molecule has 0 atom stereocenters. The van der Waals surface area contributed by atoms with Gasteiger partial charge in [0.05, 0.1) is 12.7 Å². The highest BCUT2D eigenvalue weighted by Crippen LogP contribution is 2.34. The Kier molecular flexibility index (Phi) is 8.91. The van der Waals surface area contributed by atoms with Gasteiger partial charge in [0.15, 0.2) is 5.96 Å². The summed E-state index contributed by atoms with van der Waals surface area (Å²) in [5.74, 6) is 0.569. The van der Waals surface area contributed by atoms with Gasteiger partial charge in [-0.15, -0.1) is 30.6 Å². The minimum atomic E-state index is -4.44. The number of halogens is 4. The van der Waals surface area contributed by atoms with E-state index < -0.39 is 11.7 Å². The van der Waals surface area contributed by atoms with Crippen LogP contribution in [0.3, 0.4) is 0 Å². The first-order chi connectivity index (χ1) is 9.92. The van der Waals surface area contributed by atoms with E-state index in [1.54, 1.807) is 6.08 Å². The molecule has 0 heterocycles. The van der Waals surface area contributed by atoms with Crippen molar-refractivity contribution in [3.8, 4) is 5.75 Å². The van der Waals surface area contributed by atoms with E-state index in [4.69, 9.17) is 4.74 Å². The van der Waals surface area contributed by atoms with Crippen molar-refractivity contribution in [2.45, 2.75) is 12.7 Å². The molecule has 0 aromatic heterocycles. The maximum Gasteiger partial charge on any atom is 0.416 e. The van der Waals surface area contributed by atoms with Crippen molar-refractivity contribution in [3.05, 3.63) is 42.0 Å². The maximum atomic E-state index is 13.0. The van der Waals surface area contributed by atoms with Gasteiger partial charge in [-0.1, -0.05) is 12.1 Å². The highest BCUT2D eigenvalue weighted by Gasteiger charge is 2.33. The van der Waals surface area contributed by atoms with Crippen molar-refractivity contribution in [1.82, 2.24) is 10.6 Å². The van der Waals surface area contributed by atoms with Gasteiger partial charge < -0.3 is 15.4 Å². The van der Waals surface area contributed by atoms with Crippen LogP contribution in [0.25, 0.3) is 0 Å². The van der Waals surface area contributed by atoms with Gasteiger partial charge in [-0.05, 0) is 17.7 Å². The largest absolute Gasteiger partial charge is 0.497 e. The highest BCUT2D eigenvalue weighted by molar-refractivity contribution is 14.0. The zero-order valence-corrected chi connectivity index (χ0v) is 14.7. The van der Waals surface area contributed by atoms with Gasteiger partial charge >= 0.3 is 6.18 Å². The summed E-state index contributed by atoms with van der Waals surface area (Å²) in [5.41, 5.74) is -0.613. The Labute approximate surface area is 144 Å². The second-order valence-corrected chi connectivity index (χ2v) is 4.12. The van der Waals surface area contributed by atoms with E-state index in [9.17, 15) is 13.2 Å². The number of aliphatic imine (C=N–C) groups is 1. The summed E-state index contributed by atoms with van der Waals surface area (Å²) in [7, 11) is 2.87. The topological polar surface area (TPSA) is 45.7 Å². The number of rotatable bonds is 5. The van der Waals surface area contributed by atoms with E-state index in [1.807, 2.05) is 0 Å². The average Bonchev–Trinajstić information content (AvgIpc) is 2.46. The Morgan fingerprint density at radius 1 is 1.36 bits per heavy atom. The third-order valence-corrected chi connectivity index (χ3v) is 2.71. The van der Waals surface area contributed by atoms with Gasteiger partial charge in [-0.3, -0.25) is 4.99 Å². The lowest BCUT2D eigenvalue weighted by atomic mass is 10.1. The number of methoxy groups -OCH3 is 1. The fourth-order valence-corrected chi connectivity index (χ4v) is 1.67. The maximum absolute atomic E-state index is 13.0. The third-order valence-electron chi connectivity index (χ3n) is 2.71. The molecular weight excluding hydrogens is 410 g/mol. The molecule has 1 aromatic rings. The summed E-state index contributed by atoms with van der Waals surface area (Å²) < 4.78 is 43.9. The second-order valence-electron chi connectivity index (χ2n) is 4.12. The number of nitrogens with zero attached hydrogens (tertiary/aromatic N) is 1. The lowest BCUT2D eigenvalue weighted by Gasteiger charge is -2.16. The number of hydrogen-bond acceptors (Lipinski definition) is 2. The van der Waals surface area contributed by atoms with Crippen LogP contribution in [0, 0.1) is 0 Å². The number of nitrogens with one attached hydrogen (secondary N) is 2. The van der Waals surface area contributed by atoms with Crippen molar-refractivity contribution in [1.29, 1.82) is 0 Å². The molecule has 0 bridgehead atoms. The van der Waals surface area contributed by atoms with Crippen molar-refractivity contribution in [2.24, 2.45) is 4.99 Å². The zero-order chi connectivity index (χ0) is 15.9. The zero-order valence-electron chi connectivity index (χ0n) is 12.3. The normalized spacial score (nSPS) is 11.4. The molecule has 0 fully saturated rings. The fourth-order valence-electron chi connectivity index (χ4n) is 1.67. The molecule has 1 aromatic carbocycles. The standard InChI is InChI=1S/C14H18F3N3O.HI/c1-4-7-19-13(18-2)20-9-10-5-6-11(21-3)8-12(10)14(15,16)17;/h4-6,8H,1,7,9H2,2-3H3,(H2,18,19,20);1H. The van der Waals surface area contributed by atoms with Crippen molar-refractivity contribution in [3.63, 3.8) is 0 Å². The van der Waals surface area contributed by atoms with Crippen LogP contribution in [0.1, 0.15) is 11.1 Å². The first kappa shape index (κ1) is 20.6. The SMILES string of the molecule is C=CCNC(=NC)NCc1ccc(OC)cc1C(F)(F)F.I. The lowest BCUT2D eigenvalue weighted by molar-refractivity contribution is -0.138. The highest BCUT2D eigenvalue weighted by atomic mass is 127. The fraction of sp³-hybridized carbons (Fsp3) is 0.357. The molecule has 0 aliphatic rings. The Morgan fingerprint density at radius 2 is 2.05 bits per heavy atom. The van der Waals surface area contributed by atoms with Crippen LogP contribution in [0.2, 0.25) is 0 Å². The average molecular weight is 429 g/mol. The van der Waals surface area contributed by atoms with Crippen molar-refractivity contribution in [2.75, 3.05) is 20.7 Å². The lowest BCUT2D eigenvalue weighted by Crippen LogP contribution is -2.37. The first-order valence-electron chi connectivity index (χ1n) is 6.22. The Morgan fingerprint density at radius 3 is 2.55 bits per heavy atom. The molecule has 4 nitrogen and oxygen atoms in total.